The van der Waals surface area contributed by atoms with Gasteiger partial charge in [-0.1, -0.05) is 12.1 Å². The molecule has 2 rings (SSSR count). The first kappa shape index (κ1) is 12.3. The van der Waals surface area contributed by atoms with Crippen molar-refractivity contribution >= 4 is 17.3 Å². The van der Waals surface area contributed by atoms with Crippen LogP contribution in [0.15, 0.2) is 24.3 Å². The molecule has 18 heavy (non-hydrogen) atoms. The van der Waals surface area contributed by atoms with Gasteiger partial charge in [-0.05, 0) is 12.5 Å². The van der Waals surface area contributed by atoms with Crippen LogP contribution < -0.4 is 4.90 Å². The molecule has 0 N–H and O–H groups in total. The Morgan fingerprint density at radius 2 is 2.22 bits per heavy atom. The summed E-state index contributed by atoms with van der Waals surface area (Å²) in [6, 6.07) is 6.57. The maximum Gasteiger partial charge on any atom is 0.310 e. The molecule has 1 saturated heterocycles. The number of nitro benzene ring substituents is 1. The molecule has 0 spiro atoms. The summed E-state index contributed by atoms with van der Waals surface area (Å²) in [5, 5.41) is 10.9. The number of nitro groups is 1. The van der Waals surface area contributed by atoms with Gasteiger partial charge in [0.1, 0.15) is 5.69 Å². The maximum absolute atomic E-state index is 11.4. The van der Waals surface area contributed by atoms with Gasteiger partial charge >= 0.3 is 5.97 Å². The number of esters is 1. The van der Waals surface area contributed by atoms with Crippen LogP contribution in [0.1, 0.15) is 6.42 Å². The monoisotopic (exact) mass is 250 g/mol. The van der Waals surface area contributed by atoms with Crippen molar-refractivity contribution in [1.29, 1.82) is 0 Å². The molecule has 1 unspecified atom stereocenters. The summed E-state index contributed by atoms with van der Waals surface area (Å²) in [7, 11) is 1.36. The van der Waals surface area contributed by atoms with Crippen LogP contribution in [0.4, 0.5) is 11.4 Å². The third-order valence-electron chi connectivity index (χ3n) is 3.14. The minimum Gasteiger partial charge on any atom is -0.469 e. The molecule has 0 amide bonds. The Labute approximate surface area is 104 Å². The van der Waals surface area contributed by atoms with Gasteiger partial charge in [0.2, 0.25) is 0 Å². The molecule has 6 heteroatoms. The number of carbonyl (C=O) groups is 1. The molecule has 1 aliphatic heterocycles. The van der Waals surface area contributed by atoms with Crippen LogP contribution in [-0.2, 0) is 9.53 Å². The van der Waals surface area contributed by atoms with E-state index in [1.54, 1.807) is 18.2 Å². The van der Waals surface area contributed by atoms with Crippen molar-refractivity contribution < 1.29 is 14.5 Å². The Morgan fingerprint density at radius 1 is 1.50 bits per heavy atom. The van der Waals surface area contributed by atoms with Crippen molar-refractivity contribution in [3.05, 3.63) is 34.4 Å². The molecule has 1 aromatic rings. The van der Waals surface area contributed by atoms with Crippen LogP contribution in [0.2, 0.25) is 0 Å². The molecule has 0 radical (unpaired) electrons. The van der Waals surface area contributed by atoms with Crippen molar-refractivity contribution in [1.82, 2.24) is 0 Å². The van der Waals surface area contributed by atoms with Crippen LogP contribution in [0.25, 0.3) is 0 Å². The lowest BCUT2D eigenvalue weighted by atomic mass is 10.1. The lowest BCUT2D eigenvalue weighted by molar-refractivity contribution is -0.384. The predicted molar refractivity (Wildman–Crippen MR) is 65.4 cm³/mol. The molecule has 0 aromatic heterocycles. The summed E-state index contributed by atoms with van der Waals surface area (Å²) in [6.45, 7) is 1.10. The summed E-state index contributed by atoms with van der Waals surface area (Å²) < 4.78 is 4.70. The molecule has 1 fully saturated rings. The van der Waals surface area contributed by atoms with Crippen molar-refractivity contribution in [2.75, 3.05) is 25.1 Å². The third-order valence-corrected chi connectivity index (χ3v) is 3.14. The Hall–Kier alpha value is -2.11. The lowest BCUT2D eigenvalue weighted by Gasteiger charge is -2.17. The van der Waals surface area contributed by atoms with Gasteiger partial charge in [-0.2, -0.15) is 0 Å². The fourth-order valence-corrected chi connectivity index (χ4v) is 2.22. The Bertz CT molecular complexity index is 475. The quantitative estimate of drug-likeness (QED) is 0.463. The average Bonchev–Trinajstić information content (AvgIpc) is 2.87. The molecule has 1 heterocycles. The highest BCUT2D eigenvalue weighted by molar-refractivity contribution is 5.75. The fraction of sp³-hybridized carbons (Fsp3) is 0.417. The standard InChI is InChI=1S/C12H14N2O4/c1-18-12(15)9-6-7-13(8-9)10-4-2-3-5-11(10)14(16)17/h2-5,9H,6-8H2,1H3. The van der Waals surface area contributed by atoms with E-state index in [1.807, 2.05) is 4.90 Å². The van der Waals surface area contributed by atoms with Gasteiger partial charge < -0.3 is 9.64 Å². The van der Waals surface area contributed by atoms with Gasteiger partial charge in [0.15, 0.2) is 0 Å². The SMILES string of the molecule is COC(=O)C1CCN(c2ccccc2[N+](=O)[O-])C1. The first-order valence-electron chi connectivity index (χ1n) is 5.69. The summed E-state index contributed by atoms with van der Waals surface area (Å²) in [5.41, 5.74) is 0.636. The van der Waals surface area contributed by atoms with E-state index in [1.165, 1.54) is 13.2 Å². The minimum atomic E-state index is -0.402. The second-order valence-corrected chi connectivity index (χ2v) is 4.20. The zero-order valence-corrected chi connectivity index (χ0v) is 10.0. The second-order valence-electron chi connectivity index (χ2n) is 4.20. The van der Waals surface area contributed by atoms with Crippen molar-refractivity contribution in [2.45, 2.75) is 6.42 Å². The molecular formula is C12H14N2O4. The van der Waals surface area contributed by atoms with E-state index >= 15 is 0 Å². The van der Waals surface area contributed by atoms with Crippen molar-refractivity contribution in [3.63, 3.8) is 0 Å². The highest BCUT2D eigenvalue weighted by Gasteiger charge is 2.31. The van der Waals surface area contributed by atoms with Crippen LogP contribution in [-0.4, -0.2) is 31.1 Å². The summed E-state index contributed by atoms with van der Waals surface area (Å²) in [6.07, 6.45) is 0.665. The van der Waals surface area contributed by atoms with Gasteiger partial charge in [-0.25, -0.2) is 0 Å². The number of ether oxygens (including phenoxy) is 1. The first-order valence-corrected chi connectivity index (χ1v) is 5.69. The largest absolute Gasteiger partial charge is 0.469 e. The van der Waals surface area contributed by atoms with Gasteiger partial charge in [0, 0.05) is 19.2 Å². The van der Waals surface area contributed by atoms with E-state index in [9.17, 15) is 14.9 Å². The van der Waals surface area contributed by atoms with Gasteiger partial charge in [-0.3, -0.25) is 14.9 Å². The van der Waals surface area contributed by atoms with Gasteiger partial charge in [0.05, 0.1) is 18.0 Å². The Morgan fingerprint density at radius 3 is 2.89 bits per heavy atom. The van der Waals surface area contributed by atoms with E-state index in [0.717, 1.165) is 0 Å². The smallest absolute Gasteiger partial charge is 0.310 e. The number of hydrogen-bond acceptors (Lipinski definition) is 5. The minimum absolute atomic E-state index is 0.0722. The van der Waals surface area contributed by atoms with Crippen LogP contribution in [0.3, 0.4) is 0 Å². The lowest BCUT2D eigenvalue weighted by Crippen LogP contribution is -2.24. The molecule has 0 bridgehead atoms. The van der Waals surface area contributed by atoms with Crippen LogP contribution in [0.5, 0.6) is 0 Å². The summed E-state index contributed by atoms with van der Waals surface area (Å²) in [4.78, 5) is 23.8. The predicted octanol–water partition coefficient (Wildman–Crippen LogP) is 1.59. The number of nitrogens with zero attached hydrogens (tertiary/aromatic N) is 2. The number of anilines is 1. The molecule has 6 nitrogen and oxygen atoms in total. The highest BCUT2D eigenvalue weighted by atomic mass is 16.6. The van der Waals surface area contributed by atoms with E-state index in [0.29, 0.717) is 25.2 Å². The molecule has 0 saturated carbocycles. The number of benzene rings is 1. The Balaban J connectivity index is 2.19. The summed E-state index contributed by atoms with van der Waals surface area (Å²) in [5.74, 6) is -0.453. The van der Waals surface area contributed by atoms with E-state index in [4.69, 9.17) is 4.74 Å². The summed E-state index contributed by atoms with van der Waals surface area (Å²) >= 11 is 0. The highest BCUT2D eigenvalue weighted by Crippen LogP contribution is 2.31. The zero-order chi connectivity index (χ0) is 13.1. The molecule has 1 aliphatic rings. The van der Waals surface area contributed by atoms with Gasteiger partial charge in [0.25, 0.3) is 5.69 Å². The molecule has 96 valence electrons. The second kappa shape index (κ2) is 5.03. The average molecular weight is 250 g/mol. The zero-order valence-electron chi connectivity index (χ0n) is 10.0. The van der Waals surface area contributed by atoms with Crippen LogP contribution in [0, 0.1) is 16.0 Å². The van der Waals surface area contributed by atoms with Crippen molar-refractivity contribution in [2.24, 2.45) is 5.92 Å². The molecular weight excluding hydrogens is 236 g/mol. The number of para-hydroxylation sites is 2. The van der Waals surface area contributed by atoms with Crippen molar-refractivity contribution in [3.8, 4) is 0 Å². The van der Waals surface area contributed by atoms with Gasteiger partial charge in [-0.15, -0.1) is 0 Å². The number of hydrogen-bond donors (Lipinski definition) is 0. The number of rotatable bonds is 3. The third kappa shape index (κ3) is 2.27. The topological polar surface area (TPSA) is 72.7 Å². The Kier molecular flexibility index (Phi) is 3.45. The number of carbonyl (C=O) groups excluding carboxylic acids is 1. The molecule has 1 aromatic carbocycles. The van der Waals surface area contributed by atoms with E-state index in [-0.39, 0.29) is 17.6 Å². The van der Waals surface area contributed by atoms with Crippen LogP contribution >= 0.6 is 0 Å². The first-order chi connectivity index (χ1) is 8.63. The van der Waals surface area contributed by atoms with E-state index < -0.39 is 4.92 Å². The fourth-order valence-electron chi connectivity index (χ4n) is 2.22. The normalized spacial score (nSPS) is 18.7. The molecule has 1 atom stereocenters. The molecule has 0 aliphatic carbocycles. The maximum atomic E-state index is 11.4. The van der Waals surface area contributed by atoms with E-state index in [2.05, 4.69) is 0 Å². The number of methoxy groups -OCH3 is 1.